The van der Waals surface area contributed by atoms with E-state index in [-0.39, 0.29) is 22.8 Å². The van der Waals surface area contributed by atoms with Crippen molar-refractivity contribution in [1.82, 2.24) is 14.7 Å². The minimum Gasteiger partial charge on any atom is -0.435 e. The molecule has 0 aliphatic heterocycles. The molecule has 2 heterocycles. The monoisotopic (exact) mass is 468 g/mol. The van der Waals surface area contributed by atoms with Crippen LogP contribution in [0.4, 0.5) is 4.39 Å². The summed E-state index contributed by atoms with van der Waals surface area (Å²) in [5.74, 6) is -1.64. The number of pyridine rings is 1. The first-order valence-electron chi connectivity index (χ1n) is 10.9. The second-order valence-corrected chi connectivity index (χ2v) is 7.71. The molecule has 4 aromatic rings. The first kappa shape index (κ1) is 23.4. The first-order valence-corrected chi connectivity index (χ1v) is 10.9. The predicted molar refractivity (Wildman–Crippen MR) is 129 cm³/mol. The molecule has 2 aromatic heterocycles. The maximum absolute atomic E-state index is 14.3. The molecule has 0 bridgehead atoms. The Morgan fingerprint density at radius 3 is 2.63 bits per heavy atom. The fourth-order valence-corrected chi connectivity index (χ4v) is 3.48. The van der Waals surface area contributed by atoms with Gasteiger partial charge in [0.15, 0.2) is 11.6 Å². The van der Waals surface area contributed by atoms with Gasteiger partial charge in [0, 0.05) is 12.7 Å². The molecule has 0 radical (unpaired) electrons. The maximum atomic E-state index is 14.3. The Labute approximate surface area is 200 Å². The number of nitrogens with zero attached hydrogens (tertiary/aromatic N) is 3. The van der Waals surface area contributed by atoms with E-state index in [2.05, 4.69) is 10.3 Å². The van der Waals surface area contributed by atoms with Gasteiger partial charge in [-0.05, 0) is 48.7 Å². The van der Waals surface area contributed by atoms with Crippen LogP contribution in [-0.2, 0) is 11.2 Å². The van der Waals surface area contributed by atoms with E-state index in [1.807, 2.05) is 36.4 Å². The summed E-state index contributed by atoms with van der Waals surface area (Å²) < 4.78 is 21.2. The van der Waals surface area contributed by atoms with E-state index in [0.717, 1.165) is 11.6 Å². The summed E-state index contributed by atoms with van der Waals surface area (Å²) in [6, 6.07) is 20.5. The molecule has 0 spiro atoms. The zero-order valence-electron chi connectivity index (χ0n) is 18.9. The Morgan fingerprint density at radius 2 is 1.89 bits per heavy atom. The molecular weight excluding hydrogens is 447 g/mol. The molecule has 0 aliphatic carbocycles. The smallest absolute Gasteiger partial charge is 0.269 e. The average molecular weight is 468 g/mol. The van der Waals surface area contributed by atoms with E-state index < -0.39 is 17.3 Å². The number of hydrogen-bond donors (Lipinski definition) is 1. The van der Waals surface area contributed by atoms with Crippen molar-refractivity contribution >= 4 is 17.6 Å². The lowest BCUT2D eigenvalue weighted by atomic mass is 10.1. The number of nitrogens with one attached hydrogen (secondary N) is 1. The number of benzene rings is 2. The van der Waals surface area contributed by atoms with Gasteiger partial charge in [0.2, 0.25) is 5.88 Å². The summed E-state index contributed by atoms with van der Waals surface area (Å²) >= 11 is 0. The van der Waals surface area contributed by atoms with Crippen LogP contribution in [0.2, 0.25) is 0 Å². The lowest BCUT2D eigenvalue weighted by molar-refractivity contribution is -0.117. The van der Waals surface area contributed by atoms with Crippen molar-refractivity contribution in [3.8, 4) is 17.7 Å². The topological polar surface area (TPSA) is 96.5 Å². The van der Waals surface area contributed by atoms with Gasteiger partial charge >= 0.3 is 0 Å². The van der Waals surface area contributed by atoms with E-state index >= 15 is 0 Å². The van der Waals surface area contributed by atoms with Crippen LogP contribution in [0, 0.1) is 24.1 Å². The van der Waals surface area contributed by atoms with Gasteiger partial charge in [0.25, 0.3) is 11.5 Å². The fraction of sp³-hybridized carbons (Fsp3) is 0.111. The highest BCUT2D eigenvalue weighted by Crippen LogP contribution is 2.26. The number of carbonyl (C=O) groups excluding carboxylic acids is 1. The molecule has 0 unspecified atom stereocenters. The molecule has 35 heavy (non-hydrogen) atoms. The van der Waals surface area contributed by atoms with Crippen molar-refractivity contribution in [2.75, 3.05) is 6.54 Å². The Kier molecular flexibility index (Phi) is 6.98. The SMILES string of the molecule is Cc1cccn2c(=O)c(C=C(C#N)C(=O)NCCc3ccccc3)c(Oc3ccccc3F)nc12. The van der Waals surface area contributed by atoms with E-state index in [1.54, 1.807) is 25.1 Å². The predicted octanol–water partition coefficient (Wildman–Crippen LogP) is 4.20. The number of amides is 1. The number of rotatable bonds is 7. The van der Waals surface area contributed by atoms with Gasteiger partial charge in [-0.3, -0.25) is 14.0 Å². The molecule has 1 N–H and O–H groups in total. The molecule has 0 aliphatic rings. The number of fused-ring (bicyclic) bond motifs is 1. The minimum absolute atomic E-state index is 0.141. The molecule has 4 rings (SSSR count). The third-order valence-corrected chi connectivity index (χ3v) is 5.29. The van der Waals surface area contributed by atoms with E-state index in [0.29, 0.717) is 24.2 Å². The van der Waals surface area contributed by atoms with Crippen molar-refractivity contribution in [1.29, 1.82) is 5.26 Å². The number of halogens is 1. The zero-order chi connectivity index (χ0) is 24.8. The van der Waals surface area contributed by atoms with Gasteiger partial charge in [-0.1, -0.05) is 48.5 Å². The van der Waals surface area contributed by atoms with Crippen molar-refractivity contribution in [3.63, 3.8) is 0 Å². The van der Waals surface area contributed by atoms with E-state index in [9.17, 15) is 19.2 Å². The van der Waals surface area contributed by atoms with Crippen LogP contribution >= 0.6 is 0 Å². The van der Waals surface area contributed by atoms with Crippen molar-refractivity contribution in [3.05, 3.63) is 111 Å². The van der Waals surface area contributed by atoms with Crippen LogP contribution in [-0.4, -0.2) is 21.8 Å². The molecule has 0 fully saturated rings. The summed E-state index contributed by atoms with van der Waals surface area (Å²) in [6.45, 7) is 2.07. The third-order valence-electron chi connectivity index (χ3n) is 5.29. The summed E-state index contributed by atoms with van der Waals surface area (Å²) in [5, 5.41) is 12.3. The summed E-state index contributed by atoms with van der Waals surface area (Å²) in [5.41, 5.74) is 1.02. The minimum atomic E-state index is -0.645. The number of aromatic nitrogens is 2. The van der Waals surface area contributed by atoms with Crippen molar-refractivity contribution in [2.24, 2.45) is 0 Å². The Hall–Kier alpha value is -4.77. The van der Waals surface area contributed by atoms with Gasteiger partial charge < -0.3 is 10.1 Å². The number of nitriles is 1. The number of aryl methyl sites for hydroxylation is 1. The molecule has 0 saturated carbocycles. The standard InChI is InChI=1S/C27H21FN4O3/c1-18-8-7-15-32-24(18)31-26(35-23-12-6-5-11-22(23)28)21(27(32)34)16-20(17-29)25(33)30-14-13-19-9-3-2-4-10-19/h2-12,15-16H,13-14H2,1H3,(H,30,33). The van der Waals surface area contributed by atoms with E-state index in [1.165, 1.54) is 28.8 Å². The van der Waals surface area contributed by atoms with Crippen LogP contribution in [0.5, 0.6) is 11.6 Å². The van der Waals surface area contributed by atoms with Gasteiger partial charge in [-0.2, -0.15) is 10.2 Å². The summed E-state index contributed by atoms with van der Waals surface area (Å²) in [4.78, 5) is 30.4. The molecule has 2 aromatic carbocycles. The highest BCUT2D eigenvalue weighted by Gasteiger charge is 2.19. The highest BCUT2D eigenvalue weighted by molar-refractivity contribution is 6.01. The molecule has 7 nitrogen and oxygen atoms in total. The number of para-hydroxylation sites is 1. The average Bonchev–Trinajstić information content (AvgIpc) is 2.86. The second-order valence-electron chi connectivity index (χ2n) is 7.71. The zero-order valence-corrected chi connectivity index (χ0v) is 18.9. The van der Waals surface area contributed by atoms with Crippen molar-refractivity contribution < 1.29 is 13.9 Å². The summed E-state index contributed by atoms with van der Waals surface area (Å²) in [7, 11) is 0. The first-order chi connectivity index (χ1) is 17.0. The Balaban J connectivity index is 1.72. The third kappa shape index (κ3) is 5.25. The van der Waals surface area contributed by atoms with E-state index in [4.69, 9.17) is 4.74 Å². The van der Waals surface area contributed by atoms with Gasteiger partial charge in [-0.15, -0.1) is 0 Å². The van der Waals surface area contributed by atoms with Crippen LogP contribution in [0.3, 0.4) is 0 Å². The van der Waals surface area contributed by atoms with Gasteiger partial charge in [0.1, 0.15) is 22.9 Å². The van der Waals surface area contributed by atoms with Crippen LogP contribution in [0.25, 0.3) is 11.7 Å². The van der Waals surface area contributed by atoms with Crippen LogP contribution in [0.1, 0.15) is 16.7 Å². The van der Waals surface area contributed by atoms with Gasteiger partial charge in [0.05, 0.1) is 0 Å². The largest absolute Gasteiger partial charge is 0.435 e. The molecule has 1 amide bonds. The number of hydrogen-bond acceptors (Lipinski definition) is 5. The molecule has 174 valence electrons. The number of ether oxygens (including phenoxy) is 1. The maximum Gasteiger partial charge on any atom is 0.269 e. The lowest BCUT2D eigenvalue weighted by Crippen LogP contribution is -2.27. The Morgan fingerprint density at radius 1 is 1.14 bits per heavy atom. The van der Waals surface area contributed by atoms with Crippen LogP contribution < -0.4 is 15.6 Å². The second kappa shape index (κ2) is 10.4. The van der Waals surface area contributed by atoms with Gasteiger partial charge in [-0.25, -0.2) is 4.39 Å². The molecular formula is C27H21FN4O3. The quantitative estimate of drug-likeness (QED) is 0.324. The van der Waals surface area contributed by atoms with Crippen molar-refractivity contribution in [2.45, 2.75) is 13.3 Å². The molecule has 0 saturated heterocycles. The molecule has 8 heteroatoms. The molecule has 0 atom stereocenters. The normalized spacial score (nSPS) is 11.2. The Bertz CT molecular complexity index is 1520. The fourth-order valence-electron chi connectivity index (χ4n) is 3.48. The van der Waals surface area contributed by atoms with Crippen LogP contribution in [0.15, 0.2) is 83.3 Å². The highest BCUT2D eigenvalue weighted by atomic mass is 19.1. The lowest BCUT2D eigenvalue weighted by Gasteiger charge is -2.12. The summed E-state index contributed by atoms with van der Waals surface area (Å²) in [6.07, 6.45) is 3.22. The number of carbonyl (C=O) groups is 1.